The summed E-state index contributed by atoms with van der Waals surface area (Å²) in [6, 6.07) is 14.4. The van der Waals surface area contributed by atoms with E-state index in [1.54, 1.807) is 11.8 Å². The van der Waals surface area contributed by atoms with Gasteiger partial charge in [-0.15, -0.1) is 11.8 Å². The van der Waals surface area contributed by atoms with Crippen LogP contribution in [-0.4, -0.2) is 5.11 Å². The highest BCUT2D eigenvalue weighted by Gasteiger charge is 2.04. The van der Waals surface area contributed by atoms with Crippen LogP contribution in [0.1, 0.15) is 16.7 Å². The Bertz CT molecular complexity index is 540. The summed E-state index contributed by atoms with van der Waals surface area (Å²) >= 11 is 5.19. The lowest BCUT2D eigenvalue weighted by atomic mass is 10.1. The van der Waals surface area contributed by atoms with Crippen LogP contribution in [-0.2, 0) is 12.4 Å². The van der Waals surface area contributed by atoms with Crippen LogP contribution in [0.5, 0.6) is 0 Å². The number of hydrogen-bond acceptors (Lipinski definition) is 2. The minimum absolute atomic E-state index is 0.0789. The summed E-state index contributed by atoms with van der Waals surface area (Å²) in [6.45, 7) is 2.21. The smallest absolute Gasteiger partial charge is 0.0693 e. The van der Waals surface area contributed by atoms with E-state index in [0.29, 0.717) is 0 Å². The lowest BCUT2D eigenvalue weighted by Gasteiger charge is -2.09. The number of thioether (sulfide) groups is 1. The summed E-state index contributed by atoms with van der Waals surface area (Å²) in [5.74, 6) is 0.932. The average Bonchev–Trinajstić information content (AvgIpc) is 2.39. The van der Waals surface area contributed by atoms with E-state index in [9.17, 15) is 5.11 Å². The van der Waals surface area contributed by atoms with Gasteiger partial charge in [-0.3, -0.25) is 0 Å². The van der Waals surface area contributed by atoms with Crippen LogP contribution >= 0.6 is 27.7 Å². The Labute approximate surface area is 120 Å². The molecule has 0 aliphatic heterocycles. The van der Waals surface area contributed by atoms with Crippen LogP contribution in [0.25, 0.3) is 0 Å². The van der Waals surface area contributed by atoms with Gasteiger partial charge >= 0.3 is 0 Å². The van der Waals surface area contributed by atoms with Gasteiger partial charge in [0.2, 0.25) is 0 Å². The van der Waals surface area contributed by atoms with E-state index in [-0.39, 0.29) is 6.61 Å². The molecule has 0 aromatic heterocycles. The molecule has 0 unspecified atom stereocenters. The maximum absolute atomic E-state index is 9.36. The quantitative estimate of drug-likeness (QED) is 0.834. The molecule has 3 heteroatoms. The molecule has 0 saturated carbocycles. The summed E-state index contributed by atoms with van der Waals surface area (Å²) in [4.78, 5) is 1.14. The Morgan fingerprint density at radius 3 is 2.61 bits per heavy atom. The van der Waals surface area contributed by atoms with Crippen molar-refractivity contribution in [3.05, 3.63) is 63.6 Å². The van der Waals surface area contributed by atoms with Crippen molar-refractivity contribution < 1.29 is 5.11 Å². The molecule has 2 aromatic rings. The normalized spacial score (nSPS) is 10.6. The highest BCUT2D eigenvalue weighted by Crippen LogP contribution is 2.29. The monoisotopic (exact) mass is 322 g/mol. The predicted molar refractivity (Wildman–Crippen MR) is 80.8 cm³/mol. The second kappa shape index (κ2) is 6.41. The SMILES string of the molecule is Cc1ccccc1CSc1ccc(Br)cc1CO. The first-order valence-corrected chi connectivity index (χ1v) is 7.55. The molecule has 18 heavy (non-hydrogen) atoms. The van der Waals surface area contributed by atoms with Gasteiger partial charge in [0.05, 0.1) is 6.61 Å². The number of hydrogen-bond donors (Lipinski definition) is 1. The van der Waals surface area contributed by atoms with Crippen LogP contribution in [0.2, 0.25) is 0 Å². The molecule has 0 radical (unpaired) electrons. The van der Waals surface area contributed by atoms with Crippen molar-refractivity contribution in [2.75, 3.05) is 0 Å². The van der Waals surface area contributed by atoms with Crippen LogP contribution < -0.4 is 0 Å². The van der Waals surface area contributed by atoms with Crippen molar-refractivity contribution in [3.8, 4) is 0 Å². The maximum Gasteiger partial charge on any atom is 0.0693 e. The van der Waals surface area contributed by atoms with Crippen molar-refractivity contribution in [3.63, 3.8) is 0 Å². The molecule has 0 aliphatic rings. The number of rotatable bonds is 4. The van der Waals surface area contributed by atoms with Gasteiger partial charge in [-0.05, 0) is 41.8 Å². The zero-order valence-electron chi connectivity index (χ0n) is 10.2. The van der Waals surface area contributed by atoms with E-state index in [0.717, 1.165) is 20.7 Å². The van der Waals surface area contributed by atoms with Gasteiger partial charge < -0.3 is 5.11 Å². The van der Waals surface area contributed by atoms with Gasteiger partial charge in [0.15, 0.2) is 0 Å². The third-order valence-corrected chi connectivity index (χ3v) is 4.50. The zero-order valence-corrected chi connectivity index (χ0v) is 12.6. The van der Waals surface area contributed by atoms with Crippen molar-refractivity contribution in [1.82, 2.24) is 0 Å². The van der Waals surface area contributed by atoms with E-state index in [1.807, 2.05) is 12.1 Å². The van der Waals surface area contributed by atoms with E-state index < -0.39 is 0 Å². The molecular formula is C15H15BrOS. The number of halogens is 1. The topological polar surface area (TPSA) is 20.2 Å². The summed E-state index contributed by atoms with van der Waals surface area (Å²) in [5.41, 5.74) is 3.63. The third-order valence-electron chi connectivity index (χ3n) is 2.84. The van der Waals surface area contributed by atoms with Gasteiger partial charge in [0.25, 0.3) is 0 Å². The molecule has 1 N–H and O–H groups in total. The third kappa shape index (κ3) is 3.37. The molecule has 0 saturated heterocycles. The molecule has 2 rings (SSSR count). The lowest BCUT2D eigenvalue weighted by molar-refractivity contribution is 0.279. The highest BCUT2D eigenvalue weighted by atomic mass is 79.9. The fourth-order valence-electron chi connectivity index (χ4n) is 1.74. The first-order valence-electron chi connectivity index (χ1n) is 5.77. The summed E-state index contributed by atoms with van der Waals surface area (Å²) < 4.78 is 1.01. The number of aryl methyl sites for hydroxylation is 1. The highest BCUT2D eigenvalue weighted by molar-refractivity contribution is 9.10. The molecule has 0 atom stereocenters. The number of benzene rings is 2. The van der Waals surface area contributed by atoms with Crippen LogP contribution in [0, 0.1) is 6.92 Å². The van der Waals surface area contributed by atoms with Crippen molar-refractivity contribution in [1.29, 1.82) is 0 Å². The second-order valence-electron chi connectivity index (χ2n) is 4.13. The van der Waals surface area contributed by atoms with E-state index in [2.05, 4.69) is 53.2 Å². The maximum atomic E-state index is 9.36. The fourth-order valence-corrected chi connectivity index (χ4v) is 3.26. The molecule has 0 bridgehead atoms. The minimum Gasteiger partial charge on any atom is -0.392 e. The number of aliphatic hydroxyl groups excluding tert-OH is 1. The van der Waals surface area contributed by atoms with Gasteiger partial charge in [-0.2, -0.15) is 0 Å². The summed E-state index contributed by atoms with van der Waals surface area (Å²) in [5, 5.41) is 9.36. The molecular weight excluding hydrogens is 308 g/mol. The first-order chi connectivity index (χ1) is 8.70. The van der Waals surface area contributed by atoms with E-state index >= 15 is 0 Å². The average molecular weight is 323 g/mol. The van der Waals surface area contributed by atoms with Gasteiger partial charge in [0.1, 0.15) is 0 Å². The van der Waals surface area contributed by atoms with Crippen LogP contribution in [0.15, 0.2) is 51.8 Å². The van der Waals surface area contributed by atoms with Gasteiger partial charge in [0, 0.05) is 15.1 Å². The second-order valence-corrected chi connectivity index (χ2v) is 6.06. The van der Waals surface area contributed by atoms with Gasteiger partial charge in [-0.1, -0.05) is 40.2 Å². The van der Waals surface area contributed by atoms with Crippen molar-refractivity contribution in [2.24, 2.45) is 0 Å². The van der Waals surface area contributed by atoms with E-state index in [4.69, 9.17) is 0 Å². The Morgan fingerprint density at radius 1 is 1.11 bits per heavy atom. The molecule has 0 aliphatic carbocycles. The molecule has 0 amide bonds. The first kappa shape index (κ1) is 13.7. The van der Waals surface area contributed by atoms with Crippen molar-refractivity contribution >= 4 is 27.7 Å². The largest absolute Gasteiger partial charge is 0.392 e. The molecule has 1 nitrogen and oxygen atoms in total. The van der Waals surface area contributed by atoms with Crippen molar-refractivity contribution in [2.45, 2.75) is 24.2 Å². The Morgan fingerprint density at radius 2 is 1.89 bits per heavy atom. The van der Waals surface area contributed by atoms with Crippen LogP contribution in [0.3, 0.4) is 0 Å². The fraction of sp³-hybridized carbons (Fsp3) is 0.200. The predicted octanol–water partition coefficient (Wildman–Crippen LogP) is 4.54. The van der Waals surface area contributed by atoms with Crippen LogP contribution in [0.4, 0.5) is 0 Å². The standard InChI is InChI=1S/C15H15BrOS/c1-11-4-2-3-5-12(11)10-18-15-7-6-14(16)8-13(15)9-17/h2-8,17H,9-10H2,1H3. The molecule has 0 heterocycles. The Kier molecular flexibility index (Phi) is 4.87. The molecule has 0 fully saturated rings. The number of aliphatic hydroxyl groups is 1. The lowest BCUT2D eigenvalue weighted by Crippen LogP contribution is -1.90. The molecule has 2 aromatic carbocycles. The van der Waals surface area contributed by atoms with Gasteiger partial charge in [-0.25, -0.2) is 0 Å². The summed E-state index contributed by atoms with van der Waals surface area (Å²) in [7, 11) is 0. The Balaban J connectivity index is 2.13. The molecule has 94 valence electrons. The zero-order chi connectivity index (χ0) is 13.0. The minimum atomic E-state index is 0.0789. The molecule has 0 spiro atoms. The van der Waals surface area contributed by atoms with E-state index in [1.165, 1.54) is 11.1 Å². The summed E-state index contributed by atoms with van der Waals surface area (Å²) in [6.07, 6.45) is 0. The Hall–Kier alpha value is -0.770.